The average Bonchev–Trinajstić information content (AvgIpc) is 2.62. The van der Waals surface area contributed by atoms with Gasteiger partial charge >= 0.3 is 0 Å². The largest absolute Gasteiger partial charge is 0.508 e. The highest BCUT2D eigenvalue weighted by Gasteiger charge is 2.25. The van der Waals surface area contributed by atoms with Crippen molar-refractivity contribution in [1.82, 2.24) is 0 Å². The SMILES string of the molecule is O=C1Cc2cc(C#CCCO)ccc2Oc2cc(O)cc(O)c21. The number of ketones is 1. The smallest absolute Gasteiger partial charge is 0.174 e. The number of benzene rings is 2. The number of aromatic hydroxyl groups is 2. The summed E-state index contributed by atoms with van der Waals surface area (Å²) in [6.07, 6.45) is 0.446. The van der Waals surface area contributed by atoms with Crippen LogP contribution < -0.4 is 4.74 Å². The summed E-state index contributed by atoms with van der Waals surface area (Å²) < 4.78 is 5.69. The van der Waals surface area contributed by atoms with Gasteiger partial charge in [0.05, 0.1) is 6.61 Å². The van der Waals surface area contributed by atoms with Crippen molar-refractivity contribution in [1.29, 1.82) is 0 Å². The molecular formula is C18H14O5. The third-order valence-corrected chi connectivity index (χ3v) is 3.45. The van der Waals surface area contributed by atoms with Crippen LogP contribution in [-0.4, -0.2) is 27.7 Å². The Morgan fingerprint density at radius 2 is 1.96 bits per heavy atom. The lowest BCUT2D eigenvalue weighted by molar-refractivity contribution is 0.0991. The second-order valence-electron chi connectivity index (χ2n) is 5.14. The topological polar surface area (TPSA) is 87.0 Å². The fourth-order valence-corrected chi connectivity index (χ4v) is 2.44. The van der Waals surface area contributed by atoms with Gasteiger partial charge < -0.3 is 20.1 Å². The van der Waals surface area contributed by atoms with Crippen LogP contribution in [0.25, 0.3) is 0 Å². The minimum atomic E-state index is -0.305. The summed E-state index contributed by atoms with van der Waals surface area (Å²) in [5.41, 5.74) is 1.43. The number of Topliss-reactive ketones (excluding diaryl/α,β-unsaturated/α-hetero) is 1. The first-order chi connectivity index (χ1) is 11.1. The first kappa shape index (κ1) is 14.9. The Morgan fingerprint density at radius 3 is 2.74 bits per heavy atom. The molecule has 0 saturated carbocycles. The van der Waals surface area contributed by atoms with Gasteiger partial charge in [0.25, 0.3) is 0 Å². The molecule has 0 unspecified atom stereocenters. The van der Waals surface area contributed by atoms with Crippen LogP contribution in [0, 0.1) is 11.8 Å². The van der Waals surface area contributed by atoms with Gasteiger partial charge in [0, 0.05) is 36.1 Å². The second kappa shape index (κ2) is 6.03. The summed E-state index contributed by atoms with van der Waals surface area (Å²) in [7, 11) is 0. The van der Waals surface area contributed by atoms with Crippen molar-refractivity contribution in [2.75, 3.05) is 6.61 Å². The normalized spacial score (nSPS) is 12.3. The van der Waals surface area contributed by atoms with E-state index in [1.165, 1.54) is 6.07 Å². The molecule has 0 aromatic heterocycles. The minimum Gasteiger partial charge on any atom is -0.508 e. The van der Waals surface area contributed by atoms with E-state index in [0.29, 0.717) is 23.3 Å². The molecule has 0 radical (unpaired) electrons. The van der Waals surface area contributed by atoms with E-state index in [0.717, 1.165) is 6.07 Å². The van der Waals surface area contributed by atoms with E-state index >= 15 is 0 Å². The summed E-state index contributed by atoms with van der Waals surface area (Å²) in [5, 5.41) is 28.2. The van der Waals surface area contributed by atoms with Crippen LogP contribution >= 0.6 is 0 Å². The highest BCUT2D eigenvalue weighted by Crippen LogP contribution is 2.40. The van der Waals surface area contributed by atoms with Crippen LogP contribution in [0.1, 0.15) is 27.9 Å². The number of fused-ring (bicyclic) bond motifs is 2. The Morgan fingerprint density at radius 1 is 1.13 bits per heavy atom. The van der Waals surface area contributed by atoms with Crippen molar-refractivity contribution >= 4 is 5.78 Å². The van der Waals surface area contributed by atoms with Crippen molar-refractivity contribution in [3.63, 3.8) is 0 Å². The lowest BCUT2D eigenvalue weighted by Gasteiger charge is -2.09. The number of ether oxygens (including phenoxy) is 1. The molecule has 0 fully saturated rings. The van der Waals surface area contributed by atoms with Crippen LogP contribution in [0.5, 0.6) is 23.0 Å². The zero-order chi connectivity index (χ0) is 16.4. The Balaban J connectivity index is 2.02. The number of hydrogen-bond acceptors (Lipinski definition) is 5. The fourth-order valence-electron chi connectivity index (χ4n) is 2.44. The number of phenols is 2. The predicted octanol–water partition coefficient (Wildman–Crippen LogP) is 2.36. The van der Waals surface area contributed by atoms with Gasteiger partial charge in [0.2, 0.25) is 0 Å². The quantitative estimate of drug-likeness (QED) is 0.704. The van der Waals surface area contributed by atoms with Crippen molar-refractivity contribution in [3.05, 3.63) is 47.0 Å². The molecule has 116 valence electrons. The highest BCUT2D eigenvalue weighted by molar-refractivity contribution is 6.03. The van der Waals surface area contributed by atoms with Gasteiger partial charge in [-0.2, -0.15) is 0 Å². The zero-order valence-electron chi connectivity index (χ0n) is 12.2. The number of carbonyl (C=O) groups is 1. The van der Waals surface area contributed by atoms with Crippen LogP contribution in [0.2, 0.25) is 0 Å². The minimum absolute atomic E-state index is 0.00236. The maximum atomic E-state index is 12.4. The van der Waals surface area contributed by atoms with Gasteiger partial charge in [0.15, 0.2) is 5.78 Å². The van der Waals surface area contributed by atoms with E-state index < -0.39 is 0 Å². The molecule has 2 aromatic rings. The number of hydrogen-bond donors (Lipinski definition) is 3. The third-order valence-electron chi connectivity index (χ3n) is 3.45. The Hall–Kier alpha value is -2.97. The van der Waals surface area contributed by atoms with Crippen molar-refractivity contribution in [3.8, 4) is 34.8 Å². The third kappa shape index (κ3) is 2.98. The maximum Gasteiger partial charge on any atom is 0.174 e. The van der Waals surface area contributed by atoms with Gasteiger partial charge in [-0.05, 0) is 18.2 Å². The Kier molecular flexibility index (Phi) is 3.92. The molecule has 0 aliphatic carbocycles. The molecule has 3 rings (SSSR count). The molecule has 5 heteroatoms. The molecule has 0 atom stereocenters. The summed E-state index contributed by atoms with van der Waals surface area (Å²) >= 11 is 0. The van der Waals surface area contributed by atoms with Crippen LogP contribution in [0.15, 0.2) is 30.3 Å². The van der Waals surface area contributed by atoms with E-state index in [-0.39, 0.29) is 41.6 Å². The van der Waals surface area contributed by atoms with Crippen LogP contribution in [0.4, 0.5) is 0 Å². The second-order valence-corrected chi connectivity index (χ2v) is 5.14. The van der Waals surface area contributed by atoms with E-state index in [4.69, 9.17) is 9.84 Å². The van der Waals surface area contributed by atoms with Gasteiger partial charge in [-0.25, -0.2) is 0 Å². The molecule has 0 spiro atoms. The van der Waals surface area contributed by atoms with Crippen molar-refractivity contribution < 1.29 is 24.9 Å². The molecule has 1 aliphatic heterocycles. The Bertz CT molecular complexity index is 842. The van der Waals surface area contributed by atoms with Crippen molar-refractivity contribution in [2.24, 2.45) is 0 Å². The first-order valence-electron chi connectivity index (χ1n) is 7.08. The average molecular weight is 310 g/mol. The molecule has 1 heterocycles. The van der Waals surface area contributed by atoms with Crippen LogP contribution in [0.3, 0.4) is 0 Å². The summed E-state index contributed by atoms with van der Waals surface area (Å²) in [6.45, 7) is -0.00236. The summed E-state index contributed by atoms with van der Waals surface area (Å²) in [4.78, 5) is 12.4. The standard InChI is InChI=1S/C18H14O5/c19-6-2-1-3-11-4-5-16-12(7-11)8-14(21)18-15(22)9-13(20)10-17(18)23-16/h4-5,7,9-10,19-20,22H,2,6,8H2. The van der Waals surface area contributed by atoms with Gasteiger partial charge in [0.1, 0.15) is 28.6 Å². The van der Waals surface area contributed by atoms with Crippen LogP contribution in [-0.2, 0) is 6.42 Å². The molecule has 0 bridgehead atoms. The number of rotatable bonds is 1. The van der Waals surface area contributed by atoms with E-state index in [1.54, 1.807) is 18.2 Å². The monoisotopic (exact) mass is 310 g/mol. The van der Waals surface area contributed by atoms with Gasteiger partial charge in [-0.15, -0.1) is 0 Å². The molecule has 23 heavy (non-hydrogen) atoms. The van der Waals surface area contributed by atoms with E-state index in [9.17, 15) is 15.0 Å². The molecule has 2 aromatic carbocycles. The number of phenolic OH excluding ortho intramolecular Hbond substituents is 2. The number of carbonyl (C=O) groups excluding carboxylic acids is 1. The van der Waals surface area contributed by atoms with Gasteiger partial charge in [-0.3, -0.25) is 4.79 Å². The van der Waals surface area contributed by atoms with E-state index in [1.807, 2.05) is 0 Å². The predicted molar refractivity (Wildman–Crippen MR) is 82.9 cm³/mol. The number of aliphatic hydroxyl groups excluding tert-OH is 1. The first-order valence-corrected chi connectivity index (χ1v) is 7.08. The Labute approximate surface area is 132 Å². The maximum absolute atomic E-state index is 12.4. The molecule has 3 N–H and O–H groups in total. The molecule has 5 nitrogen and oxygen atoms in total. The molecule has 0 amide bonds. The lowest BCUT2D eigenvalue weighted by Crippen LogP contribution is -2.02. The summed E-state index contributed by atoms with van der Waals surface area (Å²) in [6, 6.07) is 7.61. The lowest BCUT2D eigenvalue weighted by atomic mass is 10.0. The molecule has 0 saturated heterocycles. The zero-order valence-corrected chi connectivity index (χ0v) is 12.2. The fraction of sp³-hybridized carbons (Fsp3) is 0.167. The summed E-state index contributed by atoms with van der Waals surface area (Å²) in [5.74, 6) is 5.56. The van der Waals surface area contributed by atoms with Crippen molar-refractivity contribution in [2.45, 2.75) is 12.8 Å². The molecule has 1 aliphatic rings. The number of aliphatic hydroxyl groups is 1. The van der Waals surface area contributed by atoms with E-state index in [2.05, 4.69) is 11.8 Å². The molecular weight excluding hydrogens is 296 g/mol. The van der Waals surface area contributed by atoms with Gasteiger partial charge in [-0.1, -0.05) is 11.8 Å². The highest BCUT2D eigenvalue weighted by atomic mass is 16.5.